The van der Waals surface area contributed by atoms with E-state index in [0.717, 1.165) is 65.4 Å². The average molecular weight is 574 g/mol. The predicted molar refractivity (Wildman–Crippen MR) is 154 cm³/mol. The molecule has 1 fully saturated rings. The monoisotopic (exact) mass is 573 g/mol. The minimum atomic E-state index is -0.955. The number of hydrogen-bond donors (Lipinski definition) is 1. The number of para-hydroxylation sites is 1. The maximum Gasteiger partial charge on any atom is 0.335 e. The molecule has 3 aromatic carbocycles. The van der Waals surface area contributed by atoms with Crippen LogP contribution in [0.1, 0.15) is 52.4 Å². The molecule has 2 atom stereocenters. The summed E-state index contributed by atoms with van der Waals surface area (Å²) in [6.45, 7) is 6.22. The highest BCUT2D eigenvalue weighted by Crippen LogP contribution is 2.34. The van der Waals surface area contributed by atoms with Gasteiger partial charge in [0.1, 0.15) is 17.5 Å². The van der Waals surface area contributed by atoms with Crippen LogP contribution >= 0.6 is 11.6 Å². The molecule has 0 amide bonds. The summed E-state index contributed by atoms with van der Waals surface area (Å²) < 4.78 is 24.9. The summed E-state index contributed by atoms with van der Waals surface area (Å²) >= 11 is 5.99. The van der Waals surface area contributed by atoms with Crippen LogP contribution in [0, 0.1) is 5.82 Å². The molecular formula is C31H29ClFN5O3. The fraction of sp³-hybridized carbons (Fsp3) is 0.323. The van der Waals surface area contributed by atoms with Gasteiger partial charge in [0.15, 0.2) is 0 Å². The van der Waals surface area contributed by atoms with E-state index in [9.17, 15) is 14.3 Å². The number of nitrogens with zero attached hydrogens (tertiary/aromatic N) is 5. The number of carboxylic acid groups (broad SMARTS) is 1. The van der Waals surface area contributed by atoms with Gasteiger partial charge in [0.25, 0.3) is 0 Å². The van der Waals surface area contributed by atoms with E-state index in [4.69, 9.17) is 26.3 Å². The minimum Gasteiger partial charge on any atom is -0.478 e. The maximum absolute atomic E-state index is 14.8. The molecule has 0 spiro atoms. The number of imidazole rings is 2. The topological polar surface area (TPSA) is 85.4 Å². The Labute approximate surface area is 240 Å². The van der Waals surface area contributed by atoms with Gasteiger partial charge in [-0.25, -0.2) is 19.2 Å². The van der Waals surface area contributed by atoms with Gasteiger partial charge in [-0.15, -0.1) is 0 Å². The number of aromatic carboxylic acids is 1. The van der Waals surface area contributed by atoms with Crippen LogP contribution in [-0.4, -0.2) is 54.3 Å². The number of fused-ring (bicyclic) bond motifs is 4. The third kappa shape index (κ3) is 4.67. The molecular weight excluding hydrogens is 545 g/mol. The first kappa shape index (κ1) is 26.1. The standard InChI is InChI=1S/C31H29ClFN5O3/c1-18(22-7-6-20(32)14-24(22)33)23-3-2-4-26-30(23)35-29-17-36(10-11-37(26)29)16-28-34-25-8-5-19(31(39)40)13-27(25)38(28)15-21-9-12-41-21/h2-8,13-14,18,21H,9-12,15-17H2,1H3,(H,39,40)/t18-,21-/m0/s1. The second-order valence-electron chi connectivity index (χ2n) is 10.9. The quantitative estimate of drug-likeness (QED) is 0.264. The molecule has 2 aliphatic rings. The Morgan fingerprint density at radius 2 is 1.98 bits per heavy atom. The number of halogens is 2. The average Bonchev–Trinajstić information content (AvgIpc) is 3.47. The van der Waals surface area contributed by atoms with Crippen molar-refractivity contribution < 1.29 is 19.0 Å². The highest BCUT2D eigenvalue weighted by atomic mass is 35.5. The first-order valence-corrected chi connectivity index (χ1v) is 14.2. The van der Waals surface area contributed by atoms with Crippen LogP contribution in [0.3, 0.4) is 0 Å². The van der Waals surface area contributed by atoms with Crippen LogP contribution < -0.4 is 0 Å². The lowest BCUT2D eigenvalue weighted by Crippen LogP contribution is -2.35. The van der Waals surface area contributed by atoms with Crippen molar-refractivity contribution in [2.24, 2.45) is 0 Å². The molecule has 10 heteroatoms. The van der Waals surface area contributed by atoms with Crippen LogP contribution in [0.2, 0.25) is 5.02 Å². The van der Waals surface area contributed by atoms with E-state index in [0.29, 0.717) is 30.2 Å². The molecule has 0 saturated carbocycles. The van der Waals surface area contributed by atoms with Gasteiger partial charge in [0.2, 0.25) is 0 Å². The molecule has 4 heterocycles. The maximum atomic E-state index is 14.8. The molecule has 2 aromatic heterocycles. The fourth-order valence-corrected chi connectivity index (χ4v) is 6.23. The zero-order chi connectivity index (χ0) is 28.2. The molecule has 41 heavy (non-hydrogen) atoms. The van der Waals surface area contributed by atoms with E-state index in [-0.39, 0.29) is 23.4 Å². The second kappa shape index (κ2) is 10.2. The van der Waals surface area contributed by atoms with Crippen molar-refractivity contribution in [3.8, 4) is 0 Å². The Balaban J connectivity index is 1.19. The summed E-state index contributed by atoms with van der Waals surface area (Å²) in [6, 6.07) is 16.0. The van der Waals surface area contributed by atoms with Gasteiger partial charge in [-0.1, -0.05) is 36.7 Å². The van der Waals surface area contributed by atoms with Crippen LogP contribution in [0.15, 0.2) is 54.6 Å². The zero-order valence-corrected chi connectivity index (χ0v) is 23.3. The van der Waals surface area contributed by atoms with Gasteiger partial charge in [-0.2, -0.15) is 0 Å². The summed E-state index contributed by atoms with van der Waals surface area (Å²) in [6.07, 6.45) is 1.09. The van der Waals surface area contributed by atoms with E-state index in [1.807, 2.05) is 19.1 Å². The molecule has 2 aliphatic heterocycles. The molecule has 1 saturated heterocycles. The Kier molecular flexibility index (Phi) is 6.53. The summed E-state index contributed by atoms with van der Waals surface area (Å²) in [7, 11) is 0. The molecule has 0 bridgehead atoms. The molecule has 8 nitrogen and oxygen atoms in total. The molecule has 5 aromatic rings. The van der Waals surface area contributed by atoms with Crippen LogP contribution in [-0.2, 0) is 30.9 Å². The largest absolute Gasteiger partial charge is 0.478 e. The number of benzene rings is 3. The van der Waals surface area contributed by atoms with E-state index in [1.165, 1.54) is 6.07 Å². The molecule has 7 rings (SSSR count). The fourth-order valence-electron chi connectivity index (χ4n) is 6.07. The first-order valence-electron chi connectivity index (χ1n) is 13.8. The highest BCUT2D eigenvalue weighted by Gasteiger charge is 2.27. The first-order chi connectivity index (χ1) is 19.9. The number of aromatic nitrogens is 4. The second-order valence-corrected chi connectivity index (χ2v) is 11.4. The van der Waals surface area contributed by atoms with Gasteiger partial charge in [0, 0.05) is 30.6 Å². The molecule has 0 unspecified atom stereocenters. The van der Waals surface area contributed by atoms with Gasteiger partial charge in [-0.05, 0) is 53.9 Å². The number of rotatable bonds is 7. The van der Waals surface area contributed by atoms with E-state index >= 15 is 0 Å². The van der Waals surface area contributed by atoms with E-state index in [1.54, 1.807) is 30.3 Å². The third-order valence-corrected chi connectivity index (χ3v) is 8.64. The van der Waals surface area contributed by atoms with E-state index in [2.05, 4.69) is 20.1 Å². The summed E-state index contributed by atoms with van der Waals surface area (Å²) in [5.74, 6) is 0.385. The van der Waals surface area contributed by atoms with Crippen molar-refractivity contribution >= 4 is 39.6 Å². The van der Waals surface area contributed by atoms with Gasteiger partial charge < -0.3 is 19.0 Å². The SMILES string of the molecule is C[C@@H](c1ccc(Cl)cc1F)c1cccc2c1nc1n2CCN(Cc2nc3ccc(C(=O)O)cc3n2C[C@@H]2CCO2)C1. The lowest BCUT2D eigenvalue weighted by Gasteiger charge is -2.30. The number of carboxylic acids is 1. The Bertz CT molecular complexity index is 1810. The summed E-state index contributed by atoms with van der Waals surface area (Å²) in [5, 5.41) is 9.92. The lowest BCUT2D eigenvalue weighted by atomic mass is 9.92. The van der Waals surface area contributed by atoms with Crippen molar-refractivity contribution in [3.05, 3.63) is 93.8 Å². The van der Waals surface area contributed by atoms with Crippen LogP contribution in [0.25, 0.3) is 22.1 Å². The highest BCUT2D eigenvalue weighted by molar-refractivity contribution is 6.30. The van der Waals surface area contributed by atoms with Crippen LogP contribution in [0.5, 0.6) is 0 Å². The molecule has 1 N–H and O–H groups in total. The van der Waals surface area contributed by atoms with Crippen molar-refractivity contribution in [2.45, 2.75) is 51.5 Å². The smallest absolute Gasteiger partial charge is 0.335 e. The van der Waals surface area contributed by atoms with Gasteiger partial charge in [0.05, 0.1) is 53.4 Å². The normalized spacial score (nSPS) is 18.0. The van der Waals surface area contributed by atoms with Crippen molar-refractivity contribution in [1.82, 2.24) is 24.0 Å². The molecule has 0 radical (unpaired) electrons. The number of carbonyl (C=O) groups is 1. The third-order valence-electron chi connectivity index (χ3n) is 8.41. The van der Waals surface area contributed by atoms with Crippen molar-refractivity contribution in [3.63, 3.8) is 0 Å². The summed E-state index contributed by atoms with van der Waals surface area (Å²) in [5.41, 5.74) is 5.35. The number of ether oxygens (including phenoxy) is 1. The van der Waals surface area contributed by atoms with Crippen molar-refractivity contribution in [1.29, 1.82) is 0 Å². The van der Waals surface area contributed by atoms with Gasteiger partial charge in [-0.3, -0.25) is 4.90 Å². The van der Waals surface area contributed by atoms with E-state index < -0.39 is 5.97 Å². The molecule has 210 valence electrons. The zero-order valence-electron chi connectivity index (χ0n) is 22.6. The summed E-state index contributed by atoms with van der Waals surface area (Å²) in [4.78, 5) is 23.9. The Hall–Kier alpha value is -3.79. The number of hydrogen-bond acceptors (Lipinski definition) is 5. The molecule has 0 aliphatic carbocycles. The van der Waals surface area contributed by atoms with Crippen molar-refractivity contribution in [2.75, 3.05) is 13.2 Å². The lowest BCUT2D eigenvalue weighted by molar-refractivity contribution is -0.0592. The van der Waals surface area contributed by atoms with Gasteiger partial charge >= 0.3 is 5.97 Å². The Morgan fingerprint density at radius 3 is 2.73 bits per heavy atom. The Morgan fingerprint density at radius 1 is 1.12 bits per heavy atom. The van der Waals surface area contributed by atoms with Crippen LogP contribution in [0.4, 0.5) is 4.39 Å². The minimum absolute atomic E-state index is 0.107. The predicted octanol–water partition coefficient (Wildman–Crippen LogP) is 5.83.